The molecule has 6 nitrogen and oxygen atoms in total. The molecule has 0 aliphatic heterocycles. The SMILES string of the molecule is CCCCCCCCCCCCCCCC(=O)O[C@@H](COC(=O)CCCCCCCCCCCCCCC(C)C)COC(=O)CCCCCCCCCCCCCC(C)C. The molecule has 0 rings (SSSR count). The number of ether oxygens (including phenoxy) is 3. The van der Waals surface area contributed by atoms with Gasteiger partial charge < -0.3 is 14.2 Å². The summed E-state index contributed by atoms with van der Waals surface area (Å²) in [7, 11) is 0. The summed E-state index contributed by atoms with van der Waals surface area (Å²) in [6.07, 6.45) is 48.0. The van der Waals surface area contributed by atoms with Crippen LogP contribution < -0.4 is 0 Å². The maximum Gasteiger partial charge on any atom is 0.306 e. The lowest BCUT2D eigenvalue weighted by Gasteiger charge is -2.18. The summed E-state index contributed by atoms with van der Waals surface area (Å²) in [6.45, 7) is 11.4. The largest absolute Gasteiger partial charge is 0.462 e. The number of unbranched alkanes of at least 4 members (excludes halogenated alkanes) is 33. The van der Waals surface area contributed by atoms with Crippen LogP contribution in [0.5, 0.6) is 0 Å². The van der Waals surface area contributed by atoms with E-state index in [9.17, 15) is 14.4 Å². The molecule has 0 amide bonds. The van der Waals surface area contributed by atoms with Crippen LogP contribution in [0.4, 0.5) is 0 Å². The van der Waals surface area contributed by atoms with E-state index in [0.29, 0.717) is 19.3 Å². The maximum absolute atomic E-state index is 12.8. The van der Waals surface area contributed by atoms with Crippen molar-refractivity contribution in [2.24, 2.45) is 11.8 Å². The van der Waals surface area contributed by atoms with Crippen molar-refractivity contribution in [2.75, 3.05) is 13.2 Å². The van der Waals surface area contributed by atoms with Gasteiger partial charge in [-0.1, -0.05) is 259 Å². The Hall–Kier alpha value is -1.59. The average molecular weight is 849 g/mol. The highest BCUT2D eigenvalue weighted by Gasteiger charge is 2.19. The fraction of sp³-hybridized carbons (Fsp3) is 0.944. The zero-order valence-corrected chi connectivity index (χ0v) is 41.1. The molecule has 0 heterocycles. The van der Waals surface area contributed by atoms with Crippen molar-refractivity contribution in [3.63, 3.8) is 0 Å². The van der Waals surface area contributed by atoms with Crippen molar-refractivity contribution in [2.45, 2.75) is 304 Å². The Labute approximate surface area is 374 Å². The highest BCUT2D eigenvalue weighted by molar-refractivity contribution is 5.71. The van der Waals surface area contributed by atoms with Gasteiger partial charge in [-0.2, -0.15) is 0 Å². The topological polar surface area (TPSA) is 78.9 Å². The van der Waals surface area contributed by atoms with Gasteiger partial charge in [-0.15, -0.1) is 0 Å². The zero-order valence-electron chi connectivity index (χ0n) is 41.1. The van der Waals surface area contributed by atoms with Crippen LogP contribution in [0.15, 0.2) is 0 Å². The Morgan fingerprint density at radius 3 is 0.817 bits per heavy atom. The fourth-order valence-corrected chi connectivity index (χ4v) is 8.17. The van der Waals surface area contributed by atoms with Crippen LogP contribution in [0, 0.1) is 11.8 Å². The van der Waals surface area contributed by atoms with Gasteiger partial charge in [0.05, 0.1) is 0 Å². The van der Waals surface area contributed by atoms with Crippen LogP contribution in [-0.4, -0.2) is 37.2 Å². The average Bonchev–Trinajstić information content (AvgIpc) is 3.22. The normalized spacial score (nSPS) is 12.1. The first-order valence-corrected chi connectivity index (χ1v) is 26.7. The number of rotatable bonds is 48. The molecule has 0 saturated carbocycles. The van der Waals surface area contributed by atoms with Crippen LogP contribution in [-0.2, 0) is 28.6 Å². The Balaban J connectivity index is 4.31. The third kappa shape index (κ3) is 47.5. The maximum atomic E-state index is 12.8. The van der Waals surface area contributed by atoms with Crippen LogP contribution >= 0.6 is 0 Å². The summed E-state index contributed by atoms with van der Waals surface area (Å²) in [5, 5.41) is 0. The first-order chi connectivity index (χ1) is 29.2. The Morgan fingerprint density at radius 1 is 0.317 bits per heavy atom. The lowest BCUT2D eigenvalue weighted by molar-refractivity contribution is -0.167. The molecular formula is C54H104O6. The van der Waals surface area contributed by atoms with Crippen molar-refractivity contribution < 1.29 is 28.6 Å². The highest BCUT2D eigenvalue weighted by Crippen LogP contribution is 2.17. The molecule has 0 radical (unpaired) electrons. The second kappa shape index (κ2) is 46.9. The zero-order chi connectivity index (χ0) is 44.0. The monoisotopic (exact) mass is 849 g/mol. The molecular weight excluding hydrogens is 745 g/mol. The third-order valence-corrected chi connectivity index (χ3v) is 12.2. The van der Waals surface area contributed by atoms with Crippen molar-refractivity contribution in [3.8, 4) is 0 Å². The van der Waals surface area contributed by atoms with Crippen molar-refractivity contribution in [3.05, 3.63) is 0 Å². The lowest BCUT2D eigenvalue weighted by Crippen LogP contribution is -2.30. The van der Waals surface area contributed by atoms with E-state index in [-0.39, 0.29) is 31.1 Å². The molecule has 0 unspecified atom stereocenters. The molecule has 356 valence electrons. The molecule has 0 aliphatic rings. The van der Waals surface area contributed by atoms with E-state index in [1.54, 1.807) is 0 Å². The van der Waals surface area contributed by atoms with Gasteiger partial charge >= 0.3 is 17.9 Å². The number of esters is 3. The minimum absolute atomic E-state index is 0.0634. The Morgan fingerprint density at radius 2 is 0.550 bits per heavy atom. The molecule has 0 aromatic rings. The second-order valence-corrected chi connectivity index (χ2v) is 19.5. The standard InChI is InChI=1S/C54H104O6/c1-6-7-8-9-10-11-12-13-20-26-31-36-41-46-54(57)60-51(48-59-53(56)45-40-35-30-25-21-16-18-23-28-33-38-43-50(4)5)47-58-52(55)44-39-34-29-24-19-15-14-17-22-27-32-37-42-49(2)3/h49-51H,6-48H2,1-5H3/t51-/m0/s1. The van der Waals surface area contributed by atoms with Crippen molar-refractivity contribution in [1.82, 2.24) is 0 Å². The first-order valence-electron chi connectivity index (χ1n) is 26.7. The van der Waals surface area contributed by atoms with Crippen molar-refractivity contribution >= 4 is 17.9 Å². The summed E-state index contributed by atoms with van der Waals surface area (Å²) < 4.78 is 16.8. The van der Waals surface area contributed by atoms with Gasteiger partial charge in [-0.25, -0.2) is 0 Å². The molecule has 0 aromatic heterocycles. The van der Waals surface area contributed by atoms with Gasteiger partial charge in [0.2, 0.25) is 0 Å². The van der Waals surface area contributed by atoms with E-state index in [1.165, 1.54) is 186 Å². The van der Waals surface area contributed by atoms with Crippen LogP contribution in [0.1, 0.15) is 298 Å². The van der Waals surface area contributed by atoms with Crippen LogP contribution in [0.2, 0.25) is 0 Å². The Kier molecular flexibility index (Phi) is 45.7. The van der Waals surface area contributed by atoms with Gasteiger partial charge in [0.1, 0.15) is 13.2 Å². The van der Waals surface area contributed by atoms with Gasteiger partial charge in [0.25, 0.3) is 0 Å². The molecule has 0 saturated heterocycles. The van der Waals surface area contributed by atoms with Crippen LogP contribution in [0.3, 0.4) is 0 Å². The van der Waals surface area contributed by atoms with E-state index >= 15 is 0 Å². The van der Waals surface area contributed by atoms with E-state index in [2.05, 4.69) is 34.6 Å². The fourth-order valence-electron chi connectivity index (χ4n) is 8.17. The molecule has 0 fully saturated rings. The predicted octanol–water partition coefficient (Wildman–Crippen LogP) is 17.3. The minimum Gasteiger partial charge on any atom is -0.462 e. The number of hydrogen-bond acceptors (Lipinski definition) is 6. The predicted molar refractivity (Wildman–Crippen MR) is 256 cm³/mol. The summed E-state index contributed by atoms with van der Waals surface area (Å²) in [6, 6.07) is 0. The highest BCUT2D eigenvalue weighted by atomic mass is 16.6. The minimum atomic E-state index is -0.761. The quantitative estimate of drug-likeness (QED) is 0.0345. The summed E-state index contributed by atoms with van der Waals surface area (Å²) in [4.78, 5) is 38.0. The molecule has 0 spiro atoms. The second-order valence-electron chi connectivity index (χ2n) is 19.5. The molecule has 0 aliphatic carbocycles. The van der Waals surface area contributed by atoms with Gasteiger partial charge in [-0.05, 0) is 31.1 Å². The molecule has 1 atom stereocenters. The third-order valence-electron chi connectivity index (χ3n) is 12.2. The van der Waals surface area contributed by atoms with E-state index < -0.39 is 6.10 Å². The van der Waals surface area contributed by atoms with Gasteiger partial charge in [0.15, 0.2) is 6.10 Å². The van der Waals surface area contributed by atoms with Crippen molar-refractivity contribution in [1.29, 1.82) is 0 Å². The molecule has 0 bridgehead atoms. The Bertz CT molecular complexity index is 916. The molecule has 6 heteroatoms. The number of carbonyl (C=O) groups is 3. The van der Waals surface area contributed by atoms with E-state index in [4.69, 9.17) is 14.2 Å². The summed E-state index contributed by atoms with van der Waals surface area (Å²) >= 11 is 0. The van der Waals surface area contributed by atoms with Gasteiger partial charge in [0, 0.05) is 19.3 Å². The first kappa shape index (κ1) is 58.4. The molecule has 60 heavy (non-hydrogen) atoms. The lowest BCUT2D eigenvalue weighted by atomic mass is 10.0. The van der Waals surface area contributed by atoms with Crippen LogP contribution in [0.25, 0.3) is 0 Å². The molecule has 0 N–H and O–H groups in total. The van der Waals surface area contributed by atoms with E-state index in [0.717, 1.165) is 69.6 Å². The molecule has 0 aromatic carbocycles. The number of hydrogen-bond donors (Lipinski definition) is 0. The summed E-state index contributed by atoms with van der Waals surface area (Å²) in [5.41, 5.74) is 0. The summed E-state index contributed by atoms with van der Waals surface area (Å²) in [5.74, 6) is 0.816. The smallest absolute Gasteiger partial charge is 0.306 e. The van der Waals surface area contributed by atoms with E-state index in [1.807, 2.05) is 0 Å². The number of carbonyl (C=O) groups excluding carboxylic acids is 3. The van der Waals surface area contributed by atoms with Gasteiger partial charge in [-0.3, -0.25) is 14.4 Å².